The van der Waals surface area contributed by atoms with Gasteiger partial charge in [-0.3, -0.25) is 0 Å². The van der Waals surface area contributed by atoms with Gasteiger partial charge in [0, 0.05) is 12.5 Å². The van der Waals surface area contributed by atoms with Crippen LogP contribution in [0.5, 0.6) is 17.2 Å². The van der Waals surface area contributed by atoms with E-state index in [-0.39, 0.29) is 12.4 Å². The van der Waals surface area contributed by atoms with Crippen molar-refractivity contribution in [2.75, 3.05) is 13.7 Å². The number of hydrogen-bond donors (Lipinski definition) is 1. The molecular formula is C19H22O5. The van der Waals surface area contributed by atoms with Gasteiger partial charge in [0.25, 0.3) is 0 Å². The minimum atomic E-state index is -1.20. The molecule has 0 bridgehead atoms. The standard InChI is InChI=1S/C19H22O5/c1-4-23-18(21)19(2,13-14-8-10-15(20)11-9-14)24-17-7-5-6-16(12-17)22-3/h5-12,20H,4,13H2,1-3H3. The van der Waals surface area contributed by atoms with Crippen molar-refractivity contribution in [2.45, 2.75) is 25.9 Å². The molecule has 1 atom stereocenters. The van der Waals surface area contributed by atoms with Crippen LogP contribution in [0.3, 0.4) is 0 Å². The number of rotatable bonds is 7. The maximum Gasteiger partial charge on any atom is 0.350 e. The van der Waals surface area contributed by atoms with Crippen LogP contribution >= 0.6 is 0 Å². The van der Waals surface area contributed by atoms with Gasteiger partial charge in [-0.2, -0.15) is 0 Å². The second-order valence-corrected chi connectivity index (χ2v) is 5.58. The molecule has 0 radical (unpaired) electrons. The minimum absolute atomic E-state index is 0.172. The Hall–Kier alpha value is -2.69. The van der Waals surface area contributed by atoms with Gasteiger partial charge in [-0.25, -0.2) is 4.79 Å². The second kappa shape index (κ2) is 7.73. The van der Waals surface area contributed by atoms with E-state index in [2.05, 4.69) is 0 Å². The SMILES string of the molecule is CCOC(=O)C(C)(Cc1ccc(O)cc1)Oc1cccc(OC)c1. The van der Waals surface area contributed by atoms with Gasteiger partial charge < -0.3 is 19.3 Å². The number of benzene rings is 2. The van der Waals surface area contributed by atoms with Crippen LogP contribution < -0.4 is 9.47 Å². The lowest BCUT2D eigenvalue weighted by molar-refractivity contribution is -0.160. The highest BCUT2D eigenvalue weighted by atomic mass is 16.6. The maximum absolute atomic E-state index is 12.5. The summed E-state index contributed by atoms with van der Waals surface area (Å²) in [4.78, 5) is 12.5. The first-order valence-electron chi connectivity index (χ1n) is 7.75. The molecule has 0 fully saturated rings. The molecule has 0 aliphatic rings. The lowest BCUT2D eigenvalue weighted by Crippen LogP contribution is -2.45. The molecule has 5 heteroatoms. The number of methoxy groups -OCH3 is 1. The van der Waals surface area contributed by atoms with Crippen LogP contribution in [0.1, 0.15) is 19.4 Å². The van der Waals surface area contributed by atoms with Crippen molar-refractivity contribution < 1.29 is 24.1 Å². The number of aromatic hydroxyl groups is 1. The molecule has 1 N–H and O–H groups in total. The highest BCUT2D eigenvalue weighted by Gasteiger charge is 2.37. The first-order chi connectivity index (χ1) is 11.5. The summed E-state index contributed by atoms with van der Waals surface area (Å²) in [5.41, 5.74) is -0.342. The average Bonchev–Trinajstić information content (AvgIpc) is 2.57. The third-order valence-electron chi connectivity index (χ3n) is 3.57. The summed E-state index contributed by atoms with van der Waals surface area (Å²) in [6.45, 7) is 3.72. The van der Waals surface area contributed by atoms with Crippen molar-refractivity contribution in [1.82, 2.24) is 0 Å². The molecule has 2 aromatic carbocycles. The number of phenols is 1. The topological polar surface area (TPSA) is 65.0 Å². The smallest absolute Gasteiger partial charge is 0.350 e. The van der Waals surface area contributed by atoms with Crippen molar-refractivity contribution in [2.24, 2.45) is 0 Å². The lowest BCUT2D eigenvalue weighted by Gasteiger charge is -2.28. The lowest BCUT2D eigenvalue weighted by atomic mass is 9.96. The maximum atomic E-state index is 12.5. The van der Waals surface area contributed by atoms with E-state index in [0.717, 1.165) is 5.56 Å². The van der Waals surface area contributed by atoms with Crippen molar-refractivity contribution >= 4 is 5.97 Å². The van der Waals surface area contributed by atoms with Crippen LogP contribution in [0, 0.1) is 0 Å². The highest BCUT2D eigenvalue weighted by molar-refractivity contribution is 5.80. The molecular weight excluding hydrogens is 308 g/mol. The van der Waals surface area contributed by atoms with E-state index in [0.29, 0.717) is 17.9 Å². The molecule has 0 aliphatic carbocycles. The molecule has 128 valence electrons. The Labute approximate surface area is 141 Å². The monoisotopic (exact) mass is 330 g/mol. The van der Waals surface area contributed by atoms with Crippen molar-refractivity contribution in [3.05, 3.63) is 54.1 Å². The van der Waals surface area contributed by atoms with Crippen LogP contribution in [-0.4, -0.2) is 30.4 Å². The first kappa shape index (κ1) is 17.7. The van der Waals surface area contributed by atoms with Crippen molar-refractivity contribution in [1.29, 1.82) is 0 Å². The van der Waals surface area contributed by atoms with Crippen molar-refractivity contribution in [3.63, 3.8) is 0 Å². The molecule has 0 amide bonds. The minimum Gasteiger partial charge on any atom is -0.508 e. The first-order valence-corrected chi connectivity index (χ1v) is 7.75. The summed E-state index contributed by atoms with van der Waals surface area (Å²) in [5, 5.41) is 9.40. The second-order valence-electron chi connectivity index (χ2n) is 5.58. The zero-order valence-electron chi connectivity index (χ0n) is 14.1. The zero-order chi connectivity index (χ0) is 17.6. The van der Waals surface area contributed by atoms with Gasteiger partial charge in [0.1, 0.15) is 17.2 Å². The van der Waals surface area contributed by atoms with E-state index in [1.807, 2.05) is 0 Å². The van der Waals surface area contributed by atoms with Crippen LogP contribution in [0.25, 0.3) is 0 Å². The fraction of sp³-hybridized carbons (Fsp3) is 0.316. The predicted molar refractivity (Wildman–Crippen MR) is 90.5 cm³/mol. The van der Waals surface area contributed by atoms with E-state index in [1.165, 1.54) is 0 Å². The molecule has 0 aromatic heterocycles. The Bertz CT molecular complexity index is 680. The quantitative estimate of drug-likeness (QED) is 0.789. The Morgan fingerprint density at radius 1 is 1.12 bits per heavy atom. The Balaban J connectivity index is 2.28. The molecule has 2 rings (SSSR count). The number of ether oxygens (including phenoxy) is 3. The number of carbonyl (C=O) groups excluding carboxylic acids is 1. The van der Waals surface area contributed by atoms with E-state index in [9.17, 15) is 9.90 Å². The van der Waals surface area contributed by atoms with Gasteiger partial charge in [0.05, 0.1) is 13.7 Å². The summed E-state index contributed by atoms with van der Waals surface area (Å²) < 4.78 is 16.3. The molecule has 0 saturated carbocycles. The van der Waals surface area contributed by atoms with Crippen molar-refractivity contribution in [3.8, 4) is 17.2 Å². The fourth-order valence-electron chi connectivity index (χ4n) is 2.36. The van der Waals surface area contributed by atoms with Gasteiger partial charge in [-0.15, -0.1) is 0 Å². The fourth-order valence-corrected chi connectivity index (χ4v) is 2.36. The summed E-state index contributed by atoms with van der Waals surface area (Å²) in [6.07, 6.45) is 0.309. The van der Waals surface area contributed by atoms with E-state index < -0.39 is 11.6 Å². The van der Waals surface area contributed by atoms with Gasteiger partial charge in [-0.05, 0) is 43.7 Å². The predicted octanol–water partition coefficient (Wildman–Crippen LogP) is 3.34. The molecule has 2 aromatic rings. The summed E-state index contributed by atoms with van der Waals surface area (Å²) in [7, 11) is 1.57. The normalized spacial score (nSPS) is 13.0. The number of phenolic OH excluding ortho intramolecular Hbond substituents is 1. The zero-order valence-corrected chi connectivity index (χ0v) is 14.1. The van der Waals surface area contributed by atoms with E-state index in [1.54, 1.807) is 69.5 Å². The number of carbonyl (C=O) groups is 1. The molecule has 24 heavy (non-hydrogen) atoms. The van der Waals surface area contributed by atoms with Gasteiger partial charge in [-0.1, -0.05) is 18.2 Å². The van der Waals surface area contributed by atoms with Crippen LogP contribution in [-0.2, 0) is 16.0 Å². The van der Waals surface area contributed by atoms with Crippen LogP contribution in [0.2, 0.25) is 0 Å². The van der Waals surface area contributed by atoms with Crippen LogP contribution in [0.15, 0.2) is 48.5 Å². The Morgan fingerprint density at radius 3 is 2.42 bits per heavy atom. The molecule has 1 unspecified atom stereocenters. The average molecular weight is 330 g/mol. The molecule has 0 aliphatic heterocycles. The third-order valence-corrected chi connectivity index (χ3v) is 3.57. The Kier molecular flexibility index (Phi) is 5.68. The molecule has 0 saturated heterocycles. The number of hydrogen-bond acceptors (Lipinski definition) is 5. The summed E-state index contributed by atoms with van der Waals surface area (Å²) in [6, 6.07) is 13.7. The van der Waals surface area contributed by atoms with Crippen LogP contribution in [0.4, 0.5) is 0 Å². The number of esters is 1. The molecule has 0 spiro atoms. The Morgan fingerprint density at radius 2 is 1.79 bits per heavy atom. The largest absolute Gasteiger partial charge is 0.508 e. The van der Waals surface area contributed by atoms with Gasteiger partial charge >= 0.3 is 5.97 Å². The molecule has 5 nitrogen and oxygen atoms in total. The van der Waals surface area contributed by atoms with Gasteiger partial charge in [0.2, 0.25) is 5.60 Å². The summed E-state index contributed by atoms with van der Waals surface area (Å²) in [5.74, 6) is 0.887. The summed E-state index contributed by atoms with van der Waals surface area (Å²) >= 11 is 0. The third kappa shape index (κ3) is 4.41. The van der Waals surface area contributed by atoms with E-state index >= 15 is 0 Å². The molecule has 0 heterocycles. The van der Waals surface area contributed by atoms with Gasteiger partial charge in [0.15, 0.2) is 0 Å². The highest BCUT2D eigenvalue weighted by Crippen LogP contribution is 2.27. The van der Waals surface area contributed by atoms with E-state index in [4.69, 9.17) is 14.2 Å².